The lowest BCUT2D eigenvalue weighted by Crippen LogP contribution is -2.36. The van der Waals surface area contributed by atoms with Crippen molar-refractivity contribution >= 4 is 12.4 Å². The van der Waals surface area contributed by atoms with Crippen LogP contribution in [0, 0.1) is 0 Å². The highest BCUT2D eigenvalue weighted by Gasteiger charge is 2.19. The first-order valence-corrected chi connectivity index (χ1v) is 4.22. The van der Waals surface area contributed by atoms with Crippen LogP contribution in [0.4, 0.5) is 0 Å². The molecular formula is C8H15NO4. The van der Waals surface area contributed by atoms with Crippen molar-refractivity contribution in [2.75, 3.05) is 6.61 Å². The van der Waals surface area contributed by atoms with Gasteiger partial charge >= 0.3 is 5.97 Å². The third-order valence-electron chi connectivity index (χ3n) is 1.59. The Hall–Kier alpha value is -1.10. The summed E-state index contributed by atoms with van der Waals surface area (Å²) in [6.07, 6.45) is 1.88. The maximum Gasteiger partial charge on any atom is 0.331 e. The van der Waals surface area contributed by atoms with Gasteiger partial charge in [-0.15, -0.1) is 0 Å². The van der Waals surface area contributed by atoms with Gasteiger partial charge < -0.3 is 4.74 Å². The van der Waals surface area contributed by atoms with Crippen LogP contribution in [-0.4, -0.2) is 35.3 Å². The van der Waals surface area contributed by atoms with E-state index < -0.39 is 12.0 Å². The third kappa shape index (κ3) is 4.47. The molecule has 1 amide bonds. The number of ether oxygens (including phenoxy) is 1. The minimum Gasteiger partial charge on any atom is -0.464 e. The minimum atomic E-state index is -0.936. The van der Waals surface area contributed by atoms with E-state index in [0.717, 1.165) is 12.8 Å². The molecule has 0 aliphatic carbocycles. The molecule has 1 N–H and O–H groups in total. The largest absolute Gasteiger partial charge is 0.464 e. The van der Waals surface area contributed by atoms with E-state index in [1.54, 1.807) is 0 Å². The summed E-state index contributed by atoms with van der Waals surface area (Å²) in [4.78, 5) is 21.1. The van der Waals surface area contributed by atoms with Crippen LogP contribution < -0.4 is 0 Å². The molecule has 5 heteroatoms. The van der Waals surface area contributed by atoms with Gasteiger partial charge in [-0.05, 0) is 13.3 Å². The summed E-state index contributed by atoms with van der Waals surface area (Å²) in [5.74, 6) is -0.594. The predicted molar refractivity (Wildman–Crippen MR) is 45.0 cm³/mol. The summed E-state index contributed by atoms with van der Waals surface area (Å²) in [6.45, 7) is 3.69. The molecule has 0 bridgehead atoms. The van der Waals surface area contributed by atoms with Crippen LogP contribution in [0.2, 0.25) is 0 Å². The number of amides is 1. The van der Waals surface area contributed by atoms with Crippen LogP contribution in [0.1, 0.15) is 26.7 Å². The molecule has 1 atom stereocenters. The van der Waals surface area contributed by atoms with Gasteiger partial charge in [-0.25, -0.2) is 9.86 Å². The molecule has 0 rings (SSSR count). The Labute approximate surface area is 77.2 Å². The molecule has 0 aromatic rings. The molecule has 0 spiro atoms. The summed E-state index contributed by atoms with van der Waals surface area (Å²) >= 11 is 0. The van der Waals surface area contributed by atoms with Gasteiger partial charge in [0.05, 0.1) is 6.61 Å². The summed E-state index contributed by atoms with van der Waals surface area (Å²) in [6, 6.07) is -0.936. The second kappa shape index (κ2) is 6.42. The van der Waals surface area contributed by atoms with E-state index in [1.165, 1.54) is 6.92 Å². The molecule has 0 heterocycles. The fraction of sp³-hybridized carbons (Fsp3) is 0.750. The normalized spacial score (nSPS) is 11.9. The summed E-state index contributed by atoms with van der Waals surface area (Å²) in [5.41, 5.74) is 0. The maximum absolute atomic E-state index is 11.0. The first-order valence-electron chi connectivity index (χ1n) is 4.22. The van der Waals surface area contributed by atoms with E-state index in [0.29, 0.717) is 6.61 Å². The molecule has 0 fully saturated rings. The number of esters is 1. The Bertz CT molecular complexity index is 172. The zero-order valence-electron chi connectivity index (χ0n) is 7.90. The highest BCUT2D eigenvalue weighted by molar-refractivity contribution is 5.77. The van der Waals surface area contributed by atoms with E-state index in [2.05, 4.69) is 0 Å². The topological polar surface area (TPSA) is 66.8 Å². The molecule has 5 nitrogen and oxygen atoms in total. The Morgan fingerprint density at radius 1 is 1.69 bits per heavy atom. The molecule has 76 valence electrons. The lowest BCUT2D eigenvalue weighted by Gasteiger charge is -2.16. The lowest BCUT2D eigenvalue weighted by atomic mass is 10.3. The van der Waals surface area contributed by atoms with Crippen molar-refractivity contribution < 1.29 is 19.5 Å². The van der Waals surface area contributed by atoms with Gasteiger partial charge in [-0.1, -0.05) is 13.3 Å². The van der Waals surface area contributed by atoms with Gasteiger partial charge in [0.15, 0.2) is 6.04 Å². The van der Waals surface area contributed by atoms with Gasteiger partial charge in [0, 0.05) is 0 Å². The predicted octanol–water partition coefficient (Wildman–Crippen LogP) is 0.566. The van der Waals surface area contributed by atoms with Crippen molar-refractivity contribution in [3.05, 3.63) is 0 Å². The molecule has 0 unspecified atom stereocenters. The molecule has 0 aromatic carbocycles. The molecule has 0 saturated carbocycles. The molecule has 0 radical (unpaired) electrons. The molecule has 13 heavy (non-hydrogen) atoms. The fourth-order valence-corrected chi connectivity index (χ4v) is 0.637. The van der Waals surface area contributed by atoms with Crippen LogP contribution in [0.5, 0.6) is 0 Å². The Kier molecular flexibility index (Phi) is 5.88. The first-order chi connectivity index (χ1) is 6.13. The van der Waals surface area contributed by atoms with Crippen molar-refractivity contribution in [1.29, 1.82) is 0 Å². The Morgan fingerprint density at radius 2 is 2.31 bits per heavy atom. The Morgan fingerprint density at radius 3 is 2.77 bits per heavy atom. The molecule has 0 saturated heterocycles. The van der Waals surface area contributed by atoms with E-state index in [-0.39, 0.29) is 11.5 Å². The van der Waals surface area contributed by atoms with Crippen LogP contribution in [0.15, 0.2) is 0 Å². The number of unbranched alkanes of at least 4 members (excludes halogenated alkanes) is 1. The average Bonchev–Trinajstić information content (AvgIpc) is 2.15. The molecular weight excluding hydrogens is 174 g/mol. The number of carbonyl (C=O) groups excluding carboxylic acids is 2. The van der Waals surface area contributed by atoms with Crippen LogP contribution in [0.3, 0.4) is 0 Å². The lowest BCUT2D eigenvalue weighted by molar-refractivity contribution is -0.177. The van der Waals surface area contributed by atoms with E-state index in [9.17, 15) is 9.59 Å². The second-order valence-electron chi connectivity index (χ2n) is 2.68. The van der Waals surface area contributed by atoms with Crippen molar-refractivity contribution in [3.8, 4) is 0 Å². The van der Waals surface area contributed by atoms with Gasteiger partial charge in [-0.2, -0.15) is 0 Å². The van der Waals surface area contributed by atoms with Crippen molar-refractivity contribution in [2.45, 2.75) is 32.7 Å². The van der Waals surface area contributed by atoms with Gasteiger partial charge in [0.2, 0.25) is 6.41 Å². The number of hydrogen-bond acceptors (Lipinski definition) is 4. The van der Waals surface area contributed by atoms with Crippen LogP contribution >= 0.6 is 0 Å². The molecule has 0 aliphatic rings. The van der Waals surface area contributed by atoms with E-state index in [4.69, 9.17) is 9.94 Å². The van der Waals surface area contributed by atoms with Crippen molar-refractivity contribution in [1.82, 2.24) is 5.06 Å². The van der Waals surface area contributed by atoms with Gasteiger partial charge in [-0.3, -0.25) is 10.0 Å². The van der Waals surface area contributed by atoms with Gasteiger partial charge in [0.1, 0.15) is 0 Å². The highest BCUT2D eigenvalue weighted by atomic mass is 16.6. The van der Waals surface area contributed by atoms with Crippen molar-refractivity contribution in [2.24, 2.45) is 0 Å². The summed E-state index contributed by atoms with van der Waals surface area (Å²) in [7, 11) is 0. The van der Waals surface area contributed by atoms with E-state index >= 15 is 0 Å². The minimum absolute atomic E-state index is 0.172. The second-order valence-corrected chi connectivity index (χ2v) is 2.68. The third-order valence-corrected chi connectivity index (χ3v) is 1.59. The molecule has 0 aromatic heterocycles. The maximum atomic E-state index is 11.0. The SMILES string of the molecule is CCCCOC(=O)[C@H](C)N(O)C=O. The Balaban J connectivity index is 3.75. The van der Waals surface area contributed by atoms with Crippen LogP contribution in [-0.2, 0) is 14.3 Å². The van der Waals surface area contributed by atoms with Crippen molar-refractivity contribution in [3.63, 3.8) is 0 Å². The molecule has 0 aliphatic heterocycles. The van der Waals surface area contributed by atoms with E-state index in [1.807, 2.05) is 6.92 Å². The zero-order valence-corrected chi connectivity index (χ0v) is 7.90. The quantitative estimate of drug-likeness (QED) is 0.218. The first kappa shape index (κ1) is 11.9. The standard InChI is InChI=1S/C8H15NO4/c1-3-4-5-13-8(11)7(2)9(12)6-10/h6-7,12H,3-5H2,1-2H3/t7-/m0/s1. The number of rotatable bonds is 6. The fourth-order valence-electron chi connectivity index (χ4n) is 0.637. The summed E-state index contributed by atoms with van der Waals surface area (Å²) in [5, 5.41) is 9.10. The number of hydroxylamine groups is 2. The monoisotopic (exact) mass is 189 g/mol. The van der Waals surface area contributed by atoms with Crippen LogP contribution in [0.25, 0.3) is 0 Å². The number of hydrogen-bond donors (Lipinski definition) is 1. The van der Waals surface area contributed by atoms with Gasteiger partial charge in [0.25, 0.3) is 0 Å². The number of nitrogens with zero attached hydrogens (tertiary/aromatic N) is 1. The highest BCUT2D eigenvalue weighted by Crippen LogP contribution is 1.97. The summed E-state index contributed by atoms with van der Waals surface area (Å²) < 4.78 is 4.77. The smallest absolute Gasteiger partial charge is 0.331 e. The average molecular weight is 189 g/mol. The number of carbonyl (C=O) groups is 2. The zero-order chi connectivity index (χ0) is 10.3.